The van der Waals surface area contributed by atoms with Crippen molar-refractivity contribution in [1.82, 2.24) is 4.98 Å². The number of esters is 1. The minimum absolute atomic E-state index is 0.0266. The lowest BCUT2D eigenvalue weighted by molar-refractivity contribution is 0.0715. The third-order valence-corrected chi connectivity index (χ3v) is 4.31. The Bertz CT molecular complexity index is 944. The van der Waals surface area contributed by atoms with E-state index >= 15 is 0 Å². The number of H-pyrrole nitrogens is 1. The lowest BCUT2D eigenvalue weighted by Crippen LogP contribution is -2.16. The van der Waals surface area contributed by atoms with Crippen LogP contribution in [0.1, 0.15) is 27.2 Å². The van der Waals surface area contributed by atoms with Crippen LogP contribution in [0.4, 0.5) is 0 Å². The molecule has 6 nitrogen and oxygen atoms in total. The van der Waals surface area contributed by atoms with Gasteiger partial charge in [0.15, 0.2) is 11.5 Å². The van der Waals surface area contributed by atoms with Gasteiger partial charge in [-0.2, -0.15) is 0 Å². The maximum absolute atomic E-state index is 11.9. The van der Waals surface area contributed by atoms with Crippen molar-refractivity contribution in [3.8, 4) is 11.5 Å². The zero-order valence-electron chi connectivity index (χ0n) is 11.9. The fraction of sp³-hybridized carbons (Fsp3) is 0.125. The molecular weight excluding hydrogens is 366 g/mol. The molecule has 2 aliphatic rings. The number of carbonyl (C=O) groups is 1. The van der Waals surface area contributed by atoms with Gasteiger partial charge in [-0.25, -0.2) is 4.79 Å². The predicted molar refractivity (Wildman–Crippen MR) is 85.4 cm³/mol. The third kappa shape index (κ3) is 2.24. The summed E-state index contributed by atoms with van der Waals surface area (Å²) in [6, 6.07) is 5.29. The Balaban J connectivity index is 1.86. The number of rotatable bonds is 1. The van der Waals surface area contributed by atoms with Crippen molar-refractivity contribution < 1.29 is 19.0 Å². The minimum atomic E-state index is -0.649. The third-order valence-electron chi connectivity index (χ3n) is 3.62. The fourth-order valence-corrected chi connectivity index (χ4v) is 3.02. The van der Waals surface area contributed by atoms with Crippen LogP contribution in [-0.2, 0) is 4.74 Å². The van der Waals surface area contributed by atoms with Gasteiger partial charge in [0.05, 0.1) is 0 Å². The number of halogens is 1. The molecule has 7 heteroatoms. The molecule has 0 bridgehead atoms. The van der Waals surface area contributed by atoms with Crippen LogP contribution in [-0.4, -0.2) is 17.7 Å². The smallest absolute Gasteiger partial charge is 0.349 e. The van der Waals surface area contributed by atoms with Gasteiger partial charge in [0.1, 0.15) is 11.3 Å². The maximum Gasteiger partial charge on any atom is 0.349 e. The van der Waals surface area contributed by atoms with Crippen molar-refractivity contribution in [2.75, 3.05) is 6.79 Å². The molecule has 0 atom stereocenters. The number of aromatic nitrogens is 1. The standard InChI is InChI=1S/C16H10BrNO5/c1-7-2-9-11(23-16(20)14(9)15(19)18-7)3-8-4-12-13(5-10(8)17)22-6-21-12/h2-5H,6H2,1H3,(H,18,19)/b11-3-. The van der Waals surface area contributed by atoms with E-state index < -0.39 is 11.5 Å². The van der Waals surface area contributed by atoms with Gasteiger partial charge in [0.25, 0.3) is 5.56 Å². The summed E-state index contributed by atoms with van der Waals surface area (Å²) in [5, 5.41) is 0. The summed E-state index contributed by atoms with van der Waals surface area (Å²) in [7, 11) is 0. The Kier molecular flexibility index (Phi) is 3.05. The number of nitrogens with one attached hydrogen (secondary N) is 1. The Morgan fingerprint density at radius 2 is 1.91 bits per heavy atom. The van der Waals surface area contributed by atoms with Crippen molar-refractivity contribution in [3.05, 3.63) is 55.4 Å². The largest absolute Gasteiger partial charge is 0.454 e. The molecule has 2 aromatic rings. The summed E-state index contributed by atoms with van der Waals surface area (Å²) in [6.07, 6.45) is 1.69. The second-order valence-corrected chi connectivity index (χ2v) is 6.05. The Morgan fingerprint density at radius 3 is 2.70 bits per heavy atom. The minimum Gasteiger partial charge on any atom is -0.454 e. The van der Waals surface area contributed by atoms with Gasteiger partial charge in [0.2, 0.25) is 6.79 Å². The van der Waals surface area contributed by atoms with E-state index in [0.29, 0.717) is 28.5 Å². The predicted octanol–water partition coefficient (Wildman–Crippen LogP) is 2.84. The molecule has 0 fully saturated rings. The Labute approximate surface area is 138 Å². The molecule has 4 rings (SSSR count). The average Bonchev–Trinajstić information content (AvgIpc) is 3.04. The van der Waals surface area contributed by atoms with Gasteiger partial charge >= 0.3 is 5.97 Å². The van der Waals surface area contributed by atoms with Crippen molar-refractivity contribution in [2.24, 2.45) is 0 Å². The molecule has 2 aliphatic heterocycles. The van der Waals surface area contributed by atoms with Crippen LogP contribution in [0.15, 0.2) is 27.5 Å². The van der Waals surface area contributed by atoms with Crippen LogP contribution in [0.25, 0.3) is 11.8 Å². The first-order chi connectivity index (χ1) is 11.0. The van der Waals surface area contributed by atoms with Gasteiger partial charge in [0, 0.05) is 15.7 Å². The summed E-state index contributed by atoms with van der Waals surface area (Å²) in [5.41, 5.74) is 1.48. The van der Waals surface area contributed by atoms with Crippen molar-refractivity contribution in [2.45, 2.75) is 6.92 Å². The number of cyclic esters (lactones) is 1. The molecular formula is C16H10BrNO5. The molecule has 1 aromatic heterocycles. The van der Waals surface area contributed by atoms with E-state index in [-0.39, 0.29) is 12.4 Å². The Hall–Kier alpha value is -2.54. The van der Waals surface area contributed by atoms with E-state index in [1.165, 1.54) is 0 Å². The molecule has 1 aromatic carbocycles. The number of aryl methyl sites for hydroxylation is 1. The number of pyridine rings is 1. The maximum atomic E-state index is 11.9. The highest BCUT2D eigenvalue weighted by Gasteiger charge is 2.30. The molecule has 1 N–H and O–H groups in total. The lowest BCUT2D eigenvalue weighted by atomic mass is 10.1. The van der Waals surface area contributed by atoms with E-state index in [1.54, 1.807) is 31.2 Å². The molecule has 0 aliphatic carbocycles. The van der Waals surface area contributed by atoms with Gasteiger partial charge < -0.3 is 19.2 Å². The number of hydrogen-bond donors (Lipinski definition) is 1. The number of ether oxygens (including phenoxy) is 3. The molecule has 0 unspecified atom stereocenters. The normalized spacial score (nSPS) is 16.6. The highest BCUT2D eigenvalue weighted by Crippen LogP contribution is 2.39. The highest BCUT2D eigenvalue weighted by atomic mass is 79.9. The average molecular weight is 376 g/mol. The lowest BCUT2D eigenvalue weighted by Gasteiger charge is -2.04. The molecule has 0 saturated carbocycles. The number of carbonyl (C=O) groups excluding carboxylic acids is 1. The summed E-state index contributed by atoms with van der Waals surface area (Å²) in [4.78, 5) is 26.5. The first-order valence-corrected chi connectivity index (χ1v) is 7.59. The van der Waals surface area contributed by atoms with Crippen LogP contribution in [0, 0.1) is 6.92 Å². The van der Waals surface area contributed by atoms with Crippen LogP contribution < -0.4 is 15.0 Å². The van der Waals surface area contributed by atoms with Crippen LogP contribution in [0.5, 0.6) is 11.5 Å². The van der Waals surface area contributed by atoms with Crippen molar-refractivity contribution in [3.63, 3.8) is 0 Å². The first kappa shape index (κ1) is 14.1. The van der Waals surface area contributed by atoms with E-state index in [1.807, 2.05) is 0 Å². The van der Waals surface area contributed by atoms with E-state index in [9.17, 15) is 9.59 Å². The van der Waals surface area contributed by atoms with Crippen molar-refractivity contribution in [1.29, 1.82) is 0 Å². The summed E-state index contributed by atoms with van der Waals surface area (Å²) < 4.78 is 16.7. The molecule has 0 radical (unpaired) electrons. The van der Waals surface area contributed by atoms with E-state index in [2.05, 4.69) is 20.9 Å². The van der Waals surface area contributed by atoms with E-state index in [0.717, 1.165) is 10.0 Å². The first-order valence-electron chi connectivity index (χ1n) is 6.80. The quantitative estimate of drug-likeness (QED) is 0.775. The summed E-state index contributed by atoms with van der Waals surface area (Å²) in [5.74, 6) is 0.949. The molecule has 0 spiro atoms. The molecule has 116 valence electrons. The van der Waals surface area contributed by atoms with Gasteiger partial charge in [-0.05, 0) is 36.8 Å². The van der Waals surface area contributed by atoms with Gasteiger partial charge in [-0.15, -0.1) is 0 Å². The highest BCUT2D eigenvalue weighted by molar-refractivity contribution is 9.10. The molecule has 3 heterocycles. The SMILES string of the molecule is Cc1cc2c(c(=O)[nH]1)C(=O)O/C2=C\c1cc2c(cc1Br)OCO2. The van der Waals surface area contributed by atoms with Crippen LogP contribution >= 0.6 is 15.9 Å². The number of fused-ring (bicyclic) bond motifs is 2. The topological polar surface area (TPSA) is 77.6 Å². The molecule has 0 amide bonds. The van der Waals surface area contributed by atoms with Crippen LogP contribution in [0.2, 0.25) is 0 Å². The summed E-state index contributed by atoms with van der Waals surface area (Å²) in [6.45, 7) is 1.92. The zero-order valence-corrected chi connectivity index (χ0v) is 13.5. The van der Waals surface area contributed by atoms with Gasteiger partial charge in [-0.3, -0.25) is 4.79 Å². The summed E-state index contributed by atoms with van der Waals surface area (Å²) >= 11 is 3.45. The molecule has 23 heavy (non-hydrogen) atoms. The Morgan fingerprint density at radius 1 is 1.17 bits per heavy atom. The van der Waals surface area contributed by atoms with E-state index in [4.69, 9.17) is 14.2 Å². The van der Waals surface area contributed by atoms with Crippen molar-refractivity contribution >= 4 is 33.7 Å². The number of aromatic amines is 1. The second-order valence-electron chi connectivity index (χ2n) is 5.20. The van der Waals surface area contributed by atoms with Crippen LogP contribution in [0.3, 0.4) is 0 Å². The number of hydrogen-bond acceptors (Lipinski definition) is 5. The second kappa shape index (κ2) is 4.99. The zero-order chi connectivity index (χ0) is 16.1. The monoisotopic (exact) mass is 375 g/mol. The molecule has 0 saturated heterocycles. The van der Waals surface area contributed by atoms with Gasteiger partial charge in [-0.1, -0.05) is 15.9 Å². The fourth-order valence-electron chi connectivity index (χ4n) is 2.58. The number of benzene rings is 1.